The summed E-state index contributed by atoms with van der Waals surface area (Å²) in [4.78, 5) is 23.5. The molecule has 1 saturated heterocycles. The van der Waals surface area contributed by atoms with E-state index in [1.807, 2.05) is 0 Å². The topological polar surface area (TPSA) is 160 Å². The van der Waals surface area contributed by atoms with Gasteiger partial charge in [-0.15, -0.1) is 0 Å². The number of ether oxygens (including phenoxy) is 2. The van der Waals surface area contributed by atoms with E-state index in [-0.39, 0.29) is 16.0 Å². The Morgan fingerprint density at radius 2 is 1.49 bits per heavy atom. The third-order valence-electron chi connectivity index (χ3n) is 7.05. The Labute approximate surface area is 237 Å². The van der Waals surface area contributed by atoms with Gasteiger partial charge in [0.15, 0.2) is 0 Å². The van der Waals surface area contributed by atoms with Gasteiger partial charge >= 0.3 is 212 Å². The van der Waals surface area contributed by atoms with Gasteiger partial charge < -0.3 is 0 Å². The summed E-state index contributed by atoms with van der Waals surface area (Å²) < 4.78 is 11.5. The van der Waals surface area contributed by atoms with Crippen LogP contribution < -0.4 is 9.09 Å². The molecule has 4 N–H and O–H groups in total. The molecule has 1 aliphatic heterocycles. The molecule has 0 aliphatic carbocycles. The normalized spacial score (nSPS) is 23.4. The summed E-state index contributed by atoms with van der Waals surface area (Å²) in [6.45, 7) is 1.63. The number of nitrogens with zero attached hydrogens (tertiary/aromatic N) is 1. The third kappa shape index (κ3) is 11.8. The van der Waals surface area contributed by atoms with Crippen LogP contribution in [0.4, 0.5) is 5.69 Å². The molecule has 0 aromatic heterocycles. The number of non-ortho nitro benzene ring substituents is 1. The van der Waals surface area contributed by atoms with E-state index in [1.165, 1.54) is 82.4 Å². The second-order valence-electron chi connectivity index (χ2n) is 10.3. The van der Waals surface area contributed by atoms with E-state index < -0.39 is 58.0 Å². The molecule has 1 aromatic carbocycles. The van der Waals surface area contributed by atoms with E-state index >= 15 is 0 Å². The molecule has 0 radical (unpaired) electrons. The molecular formula is C28H46AsNO9. The summed E-state index contributed by atoms with van der Waals surface area (Å²) in [5.41, 5.74) is -0.177. The molecule has 39 heavy (non-hydrogen) atoms. The zero-order valence-electron chi connectivity index (χ0n) is 23.0. The molecule has 1 unspecified atom stereocenters. The maximum absolute atomic E-state index is 12.7. The molecule has 10 nitrogen and oxygen atoms in total. The first-order valence-corrected chi connectivity index (χ1v) is 16.4. The Balaban J connectivity index is 1.78. The molecule has 1 aliphatic rings. The third-order valence-corrected chi connectivity index (χ3v) is 9.54. The van der Waals surface area contributed by atoms with Crippen LogP contribution in [-0.2, 0) is 9.53 Å². The number of hydrogen-bond donors (Lipinski definition) is 4. The number of carbonyl (C=O) groups is 1. The molecular weight excluding hydrogens is 569 g/mol. The number of aliphatic hydroxyl groups excluding tert-OH is 4. The molecule has 0 saturated carbocycles. The predicted molar refractivity (Wildman–Crippen MR) is 150 cm³/mol. The van der Waals surface area contributed by atoms with Gasteiger partial charge in [-0.1, -0.05) is 26.2 Å². The standard InChI is InChI=1S/C28H46AsNO9/c1-2-3-4-5-6-7-8-9-10-11-12-13-14-15-24(32)29-21-18-20(30(36)37)16-17-22(21)38-28-27(35)26(34)25(33)23(19-31)39-28/h16-18,23,25-29,31,33-35H,2-15,19H2,1H3/t23-,25-,26+,27-,28-/m1/s1. The SMILES string of the molecule is CCCCCCCCCCCCCCCC(=O)[AsH]c1cc([N+](=O)[O-])ccc1O[C@@H]1O[C@H](CO)[C@@H](O)[C@H](O)[C@H]1O. The van der Waals surface area contributed by atoms with Gasteiger partial charge in [-0.25, -0.2) is 0 Å². The molecule has 1 fully saturated rings. The first kappa shape index (κ1) is 33.7. The van der Waals surface area contributed by atoms with E-state index in [4.69, 9.17) is 9.47 Å². The summed E-state index contributed by atoms with van der Waals surface area (Å²) in [5.74, 6) is 0.142. The number of rotatable bonds is 20. The van der Waals surface area contributed by atoms with Crippen molar-refractivity contribution in [2.45, 2.75) is 128 Å². The van der Waals surface area contributed by atoms with Crippen LogP contribution in [0.25, 0.3) is 0 Å². The average molecular weight is 616 g/mol. The van der Waals surface area contributed by atoms with Crippen LogP contribution in [0.5, 0.6) is 5.75 Å². The summed E-state index contributed by atoms with van der Waals surface area (Å²) in [6, 6.07) is 3.88. The monoisotopic (exact) mass is 615 g/mol. The molecule has 11 heteroatoms. The Morgan fingerprint density at radius 1 is 0.923 bits per heavy atom. The van der Waals surface area contributed by atoms with E-state index in [1.54, 1.807) is 0 Å². The molecule has 222 valence electrons. The zero-order valence-corrected chi connectivity index (χ0v) is 25.1. The van der Waals surface area contributed by atoms with Crippen molar-refractivity contribution in [1.29, 1.82) is 0 Å². The quantitative estimate of drug-likeness (QED) is 0.0749. The van der Waals surface area contributed by atoms with Gasteiger partial charge in [0.25, 0.3) is 0 Å². The van der Waals surface area contributed by atoms with Crippen LogP contribution in [0.3, 0.4) is 0 Å². The van der Waals surface area contributed by atoms with Crippen LogP contribution in [0.2, 0.25) is 0 Å². The van der Waals surface area contributed by atoms with Gasteiger partial charge in [0.2, 0.25) is 0 Å². The molecule has 0 amide bonds. The number of carbonyl (C=O) groups excluding carboxylic acids is 1. The van der Waals surface area contributed by atoms with Gasteiger partial charge in [-0.05, 0) is 0 Å². The fourth-order valence-corrected chi connectivity index (χ4v) is 6.92. The van der Waals surface area contributed by atoms with Crippen LogP contribution in [0, 0.1) is 10.1 Å². The number of aliphatic hydroxyl groups is 4. The number of hydrogen-bond acceptors (Lipinski definition) is 9. The number of nitro groups is 1. The molecule has 2 rings (SSSR count). The summed E-state index contributed by atoms with van der Waals surface area (Å²) in [6.07, 6.45) is 8.84. The fourth-order valence-electron chi connectivity index (χ4n) is 4.64. The van der Waals surface area contributed by atoms with Crippen LogP contribution in [0.15, 0.2) is 18.2 Å². The Hall–Kier alpha value is -1.55. The van der Waals surface area contributed by atoms with E-state index in [0.717, 1.165) is 19.3 Å². The maximum atomic E-state index is 12.7. The number of unbranched alkanes of at least 4 members (excludes halogenated alkanes) is 12. The summed E-state index contributed by atoms with van der Waals surface area (Å²) in [7, 11) is 0. The van der Waals surface area contributed by atoms with Gasteiger partial charge in [-0.2, -0.15) is 0 Å². The van der Waals surface area contributed by atoms with E-state index in [2.05, 4.69) is 6.92 Å². The Morgan fingerprint density at radius 3 is 2.03 bits per heavy atom. The first-order chi connectivity index (χ1) is 18.8. The zero-order chi connectivity index (χ0) is 28.6. The van der Waals surface area contributed by atoms with Crippen molar-refractivity contribution in [3.05, 3.63) is 28.3 Å². The molecule has 1 aromatic rings. The van der Waals surface area contributed by atoms with Crippen molar-refractivity contribution in [3.63, 3.8) is 0 Å². The second kappa shape index (κ2) is 18.7. The number of nitro benzene ring substituents is 1. The van der Waals surface area contributed by atoms with E-state index in [9.17, 15) is 35.3 Å². The van der Waals surface area contributed by atoms with Crippen LogP contribution in [-0.4, -0.2) is 83.0 Å². The van der Waals surface area contributed by atoms with Crippen molar-refractivity contribution < 1.29 is 39.6 Å². The van der Waals surface area contributed by atoms with Crippen molar-refractivity contribution >= 4 is 30.4 Å². The van der Waals surface area contributed by atoms with Crippen LogP contribution >= 0.6 is 0 Å². The predicted octanol–water partition coefficient (Wildman–Crippen LogP) is 2.84. The average Bonchev–Trinajstić information content (AvgIpc) is 2.92. The van der Waals surface area contributed by atoms with Gasteiger partial charge in [0.05, 0.1) is 0 Å². The Kier molecular flexibility index (Phi) is 16.2. The van der Waals surface area contributed by atoms with Crippen molar-refractivity contribution in [3.8, 4) is 5.75 Å². The van der Waals surface area contributed by atoms with E-state index in [0.29, 0.717) is 10.8 Å². The molecule has 0 spiro atoms. The molecule has 6 atom stereocenters. The van der Waals surface area contributed by atoms with Crippen molar-refractivity contribution in [2.24, 2.45) is 0 Å². The first-order valence-electron chi connectivity index (χ1n) is 14.3. The molecule has 1 heterocycles. The van der Waals surface area contributed by atoms with Crippen molar-refractivity contribution in [2.75, 3.05) is 6.61 Å². The van der Waals surface area contributed by atoms with Gasteiger partial charge in [0, 0.05) is 0 Å². The summed E-state index contributed by atoms with van der Waals surface area (Å²) >= 11 is -1.45. The minimum absolute atomic E-state index is 0.0391. The number of benzene rings is 1. The molecule has 0 bridgehead atoms. The summed E-state index contributed by atoms with van der Waals surface area (Å²) in [5, 5.41) is 51.0. The fraction of sp³-hybridized carbons (Fsp3) is 0.750. The van der Waals surface area contributed by atoms with Crippen LogP contribution in [0.1, 0.15) is 96.8 Å². The second-order valence-corrected chi connectivity index (χ2v) is 13.1. The van der Waals surface area contributed by atoms with Gasteiger partial charge in [0.1, 0.15) is 0 Å². The Bertz CT molecular complexity index is 869. The minimum atomic E-state index is -1.62. The van der Waals surface area contributed by atoms with Crippen molar-refractivity contribution in [1.82, 2.24) is 0 Å². The van der Waals surface area contributed by atoms with Gasteiger partial charge in [-0.3, -0.25) is 0 Å².